The lowest BCUT2D eigenvalue weighted by Gasteiger charge is -2.34. The van der Waals surface area contributed by atoms with Crippen molar-refractivity contribution in [2.24, 2.45) is 0 Å². The van der Waals surface area contributed by atoms with Gasteiger partial charge in [-0.25, -0.2) is 8.42 Å². The molecule has 3 aromatic heterocycles. The minimum absolute atomic E-state index is 0.132. The normalized spacial score (nSPS) is 18.0. The minimum Gasteiger partial charge on any atom is -0.461 e. The molecule has 4 heterocycles. The van der Waals surface area contributed by atoms with Crippen molar-refractivity contribution in [3.05, 3.63) is 47.7 Å². The van der Waals surface area contributed by atoms with Crippen molar-refractivity contribution in [3.63, 3.8) is 0 Å². The molecular weight excluding hydrogens is 414 g/mol. The third-order valence-electron chi connectivity index (χ3n) is 4.90. The topological polar surface area (TPSA) is 106 Å². The van der Waals surface area contributed by atoms with Crippen LogP contribution in [0.2, 0.25) is 0 Å². The molecule has 1 amide bonds. The van der Waals surface area contributed by atoms with Crippen LogP contribution in [0.15, 0.2) is 55.1 Å². The third kappa shape index (κ3) is 4.29. The molecule has 10 heteroatoms. The van der Waals surface area contributed by atoms with Crippen LogP contribution in [0, 0.1) is 0 Å². The number of hydrogen-bond donors (Lipinski definition) is 1. The number of furan rings is 1. The van der Waals surface area contributed by atoms with Gasteiger partial charge in [0.25, 0.3) is 15.9 Å². The molecule has 29 heavy (non-hydrogen) atoms. The highest BCUT2D eigenvalue weighted by molar-refractivity contribution is 7.91. The highest BCUT2D eigenvalue weighted by Gasteiger charge is 2.33. The van der Waals surface area contributed by atoms with Crippen molar-refractivity contribution in [1.82, 2.24) is 14.8 Å². The van der Waals surface area contributed by atoms with E-state index in [2.05, 4.69) is 10.5 Å². The van der Waals surface area contributed by atoms with Crippen LogP contribution < -0.4 is 5.32 Å². The van der Waals surface area contributed by atoms with Gasteiger partial charge in [-0.1, -0.05) is 17.6 Å². The van der Waals surface area contributed by atoms with E-state index < -0.39 is 10.0 Å². The van der Waals surface area contributed by atoms with E-state index in [1.165, 1.54) is 23.7 Å². The molecular formula is C19H21N3O5S2. The SMILES string of the molecule is O=C(NCC[C@@H]1CCCCN1S(=O)(=O)c1cccs1)c1cc(-c2ccco2)on1. The smallest absolute Gasteiger partial charge is 0.273 e. The van der Waals surface area contributed by atoms with Gasteiger partial charge in [0.05, 0.1) is 6.26 Å². The highest BCUT2D eigenvalue weighted by atomic mass is 32.2. The summed E-state index contributed by atoms with van der Waals surface area (Å²) in [6.45, 7) is 0.859. The number of piperidine rings is 1. The summed E-state index contributed by atoms with van der Waals surface area (Å²) in [4.78, 5) is 12.3. The molecule has 1 fully saturated rings. The Kier molecular flexibility index (Phi) is 5.84. The molecule has 0 unspecified atom stereocenters. The summed E-state index contributed by atoms with van der Waals surface area (Å²) in [5, 5.41) is 8.34. The number of hydrogen-bond acceptors (Lipinski definition) is 7. The first-order valence-corrected chi connectivity index (χ1v) is 11.7. The molecule has 0 aromatic carbocycles. The van der Waals surface area contributed by atoms with E-state index in [9.17, 15) is 13.2 Å². The van der Waals surface area contributed by atoms with Crippen LogP contribution >= 0.6 is 11.3 Å². The number of amides is 1. The monoisotopic (exact) mass is 435 g/mol. The van der Waals surface area contributed by atoms with Crippen molar-refractivity contribution in [1.29, 1.82) is 0 Å². The second-order valence-electron chi connectivity index (χ2n) is 6.80. The molecule has 0 aliphatic carbocycles. The van der Waals surface area contributed by atoms with Gasteiger partial charge in [0.2, 0.25) is 5.76 Å². The first-order valence-electron chi connectivity index (χ1n) is 9.40. The van der Waals surface area contributed by atoms with Crippen LogP contribution in [-0.4, -0.2) is 42.9 Å². The fraction of sp³-hybridized carbons (Fsp3) is 0.368. The van der Waals surface area contributed by atoms with Gasteiger partial charge >= 0.3 is 0 Å². The average molecular weight is 436 g/mol. The third-order valence-corrected chi connectivity index (χ3v) is 8.23. The maximum atomic E-state index is 12.9. The molecule has 1 aliphatic heterocycles. The molecule has 154 valence electrons. The van der Waals surface area contributed by atoms with E-state index in [0.29, 0.717) is 35.2 Å². The van der Waals surface area contributed by atoms with E-state index in [1.54, 1.807) is 34.0 Å². The van der Waals surface area contributed by atoms with E-state index in [-0.39, 0.29) is 17.6 Å². The molecule has 1 atom stereocenters. The van der Waals surface area contributed by atoms with Crippen LogP contribution in [0.5, 0.6) is 0 Å². The standard InChI is InChI=1S/C19H21N3O5S2/c23-19(15-13-17(27-21-15)16-6-3-11-26-16)20-9-8-14-5-1-2-10-22(14)29(24,25)18-7-4-12-28-18/h3-4,6-7,11-14H,1-2,5,8-10H2,(H,20,23)/t14-/m0/s1. The Morgan fingerprint density at radius 1 is 1.28 bits per heavy atom. The number of thiophene rings is 1. The molecule has 1 saturated heterocycles. The van der Waals surface area contributed by atoms with E-state index in [4.69, 9.17) is 8.94 Å². The van der Waals surface area contributed by atoms with E-state index in [1.807, 2.05) is 0 Å². The first kappa shape index (κ1) is 19.9. The lowest BCUT2D eigenvalue weighted by Crippen LogP contribution is -2.44. The van der Waals surface area contributed by atoms with Gasteiger partial charge < -0.3 is 14.3 Å². The van der Waals surface area contributed by atoms with Gasteiger partial charge in [-0.15, -0.1) is 11.3 Å². The zero-order chi connectivity index (χ0) is 20.3. The summed E-state index contributed by atoms with van der Waals surface area (Å²) in [7, 11) is -3.49. The molecule has 1 N–H and O–H groups in total. The molecule has 4 rings (SSSR count). The van der Waals surface area contributed by atoms with Crippen LogP contribution in [0.1, 0.15) is 36.2 Å². The van der Waals surface area contributed by atoms with Crippen LogP contribution in [0.4, 0.5) is 0 Å². The summed E-state index contributed by atoms with van der Waals surface area (Å²) < 4.78 is 38.1. The number of rotatable bonds is 7. The Morgan fingerprint density at radius 2 is 2.17 bits per heavy atom. The number of nitrogens with one attached hydrogen (secondary N) is 1. The van der Waals surface area contributed by atoms with Crippen molar-refractivity contribution >= 4 is 27.3 Å². The Morgan fingerprint density at radius 3 is 2.93 bits per heavy atom. The minimum atomic E-state index is -3.49. The maximum absolute atomic E-state index is 12.9. The fourth-order valence-electron chi connectivity index (χ4n) is 3.46. The van der Waals surface area contributed by atoms with E-state index >= 15 is 0 Å². The van der Waals surface area contributed by atoms with Gasteiger partial charge in [-0.05, 0) is 42.8 Å². The predicted octanol–water partition coefficient (Wildman–Crippen LogP) is 3.36. The summed E-state index contributed by atoms with van der Waals surface area (Å²) in [5.41, 5.74) is 0.156. The Bertz CT molecular complexity index is 1040. The fourth-order valence-corrected chi connectivity index (χ4v) is 6.31. The molecule has 3 aromatic rings. The molecule has 0 spiro atoms. The van der Waals surface area contributed by atoms with Crippen LogP contribution in [0.25, 0.3) is 11.5 Å². The zero-order valence-electron chi connectivity index (χ0n) is 15.6. The number of sulfonamides is 1. The van der Waals surface area contributed by atoms with E-state index in [0.717, 1.165) is 19.3 Å². The summed E-state index contributed by atoms with van der Waals surface area (Å²) in [6, 6.07) is 8.20. The largest absolute Gasteiger partial charge is 0.461 e. The number of carbonyl (C=O) groups is 1. The van der Waals surface area contributed by atoms with Gasteiger partial charge in [0, 0.05) is 25.2 Å². The van der Waals surface area contributed by atoms with Crippen molar-refractivity contribution in [2.45, 2.75) is 35.9 Å². The molecule has 0 radical (unpaired) electrons. The zero-order valence-corrected chi connectivity index (χ0v) is 17.2. The van der Waals surface area contributed by atoms with Crippen molar-refractivity contribution in [2.75, 3.05) is 13.1 Å². The number of nitrogens with zero attached hydrogens (tertiary/aromatic N) is 2. The Hall–Kier alpha value is -2.43. The van der Waals surface area contributed by atoms with Crippen LogP contribution in [0.3, 0.4) is 0 Å². The lowest BCUT2D eigenvalue weighted by atomic mass is 10.0. The maximum Gasteiger partial charge on any atom is 0.273 e. The summed E-state index contributed by atoms with van der Waals surface area (Å²) in [6.07, 6.45) is 4.66. The first-order chi connectivity index (χ1) is 14.1. The Labute approximate surface area is 172 Å². The quantitative estimate of drug-likeness (QED) is 0.610. The average Bonchev–Trinajstić information content (AvgIpc) is 3.50. The van der Waals surface area contributed by atoms with Gasteiger partial charge in [-0.3, -0.25) is 4.79 Å². The second kappa shape index (κ2) is 8.52. The molecule has 1 aliphatic rings. The summed E-state index contributed by atoms with van der Waals surface area (Å²) >= 11 is 1.23. The second-order valence-corrected chi connectivity index (χ2v) is 9.86. The van der Waals surface area contributed by atoms with Gasteiger partial charge in [0.1, 0.15) is 4.21 Å². The molecule has 8 nitrogen and oxygen atoms in total. The Balaban J connectivity index is 1.36. The summed E-state index contributed by atoms with van der Waals surface area (Å²) in [5.74, 6) is 0.504. The number of aromatic nitrogens is 1. The highest BCUT2D eigenvalue weighted by Crippen LogP contribution is 2.29. The predicted molar refractivity (Wildman–Crippen MR) is 107 cm³/mol. The molecule has 0 bridgehead atoms. The lowest BCUT2D eigenvalue weighted by molar-refractivity contribution is 0.0940. The van der Waals surface area contributed by atoms with Gasteiger partial charge in [-0.2, -0.15) is 4.31 Å². The van der Waals surface area contributed by atoms with Crippen molar-refractivity contribution < 1.29 is 22.2 Å². The van der Waals surface area contributed by atoms with Crippen LogP contribution in [-0.2, 0) is 10.0 Å². The number of carbonyl (C=O) groups excluding carboxylic acids is 1. The van der Waals surface area contributed by atoms with Crippen molar-refractivity contribution in [3.8, 4) is 11.5 Å². The molecule has 0 saturated carbocycles. The van der Waals surface area contributed by atoms with Gasteiger partial charge in [0.15, 0.2) is 11.5 Å².